The molecule has 0 aromatic heterocycles. The van der Waals surface area contributed by atoms with Crippen LogP contribution in [0, 0.1) is 4.91 Å². The first-order valence-electron chi connectivity index (χ1n) is 4.46. The van der Waals surface area contributed by atoms with Gasteiger partial charge in [0.2, 0.25) is 0 Å². The van der Waals surface area contributed by atoms with E-state index in [9.17, 15) is 10.0 Å². The van der Waals surface area contributed by atoms with Crippen molar-refractivity contribution < 1.29 is 5.11 Å². The number of hydrogen-bond donors (Lipinski definition) is 1. The molecule has 2 atom stereocenters. The van der Waals surface area contributed by atoms with Crippen molar-refractivity contribution >= 4 is 0 Å². The Kier molecular flexibility index (Phi) is 3.59. The van der Waals surface area contributed by atoms with Crippen molar-refractivity contribution in [1.82, 2.24) is 5.01 Å². The lowest BCUT2D eigenvalue weighted by atomic mass is 10.0. The second-order valence-corrected chi connectivity index (χ2v) is 3.25. The number of nitroso groups, excluding NO2 is 1. The van der Waals surface area contributed by atoms with Crippen molar-refractivity contribution in [2.24, 2.45) is 5.29 Å². The molecule has 1 rings (SSSR count). The topological polar surface area (TPSA) is 52.9 Å². The summed E-state index contributed by atoms with van der Waals surface area (Å²) in [6.45, 7) is 1.75. The highest BCUT2D eigenvalue weighted by atomic mass is 16.3. The van der Waals surface area contributed by atoms with Crippen LogP contribution in [0.15, 0.2) is 35.6 Å². The number of benzene rings is 1. The van der Waals surface area contributed by atoms with Gasteiger partial charge in [-0.3, -0.25) is 5.01 Å². The molecule has 1 N–H and O–H groups in total. The Balaban J connectivity index is 2.75. The Morgan fingerprint density at radius 3 is 2.43 bits per heavy atom. The second-order valence-electron chi connectivity index (χ2n) is 3.25. The van der Waals surface area contributed by atoms with E-state index in [-0.39, 0.29) is 6.04 Å². The number of aliphatic hydroxyl groups excluding tert-OH is 1. The molecule has 4 heteroatoms. The molecule has 0 bridgehead atoms. The van der Waals surface area contributed by atoms with Crippen LogP contribution in [0.1, 0.15) is 18.6 Å². The third-order valence-electron chi connectivity index (χ3n) is 2.32. The van der Waals surface area contributed by atoms with Gasteiger partial charge in [0.1, 0.15) is 6.10 Å². The van der Waals surface area contributed by atoms with Gasteiger partial charge in [0, 0.05) is 7.05 Å². The first kappa shape index (κ1) is 10.7. The van der Waals surface area contributed by atoms with Gasteiger partial charge >= 0.3 is 0 Å². The van der Waals surface area contributed by atoms with Crippen LogP contribution in [-0.4, -0.2) is 23.2 Å². The van der Waals surface area contributed by atoms with Crippen molar-refractivity contribution in [1.29, 1.82) is 0 Å². The largest absolute Gasteiger partial charge is 0.386 e. The average molecular weight is 194 g/mol. The third-order valence-corrected chi connectivity index (χ3v) is 2.32. The van der Waals surface area contributed by atoms with Crippen LogP contribution in [0.2, 0.25) is 0 Å². The summed E-state index contributed by atoms with van der Waals surface area (Å²) in [6.07, 6.45) is -0.695. The van der Waals surface area contributed by atoms with Gasteiger partial charge in [0.25, 0.3) is 0 Å². The van der Waals surface area contributed by atoms with Crippen molar-refractivity contribution in [2.75, 3.05) is 7.05 Å². The minimum absolute atomic E-state index is 0.324. The lowest BCUT2D eigenvalue weighted by Gasteiger charge is -2.23. The molecule has 0 fully saturated rings. The summed E-state index contributed by atoms with van der Waals surface area (Å²) >= 11 is 0. The van der Waals surface area contributed by atoms with E-state index in [2.05, 4.69) is 5.29 Å². The van der Waals surface area contributed by atoms with Gasteiger partial charge in [-0.2, -0.15) is 0 Å². The van der Waals surface area contributed by atoms with Crippen LogP contribution in [0.3, 0.4) is 0 Å². The van der Waals surface area contributed by atoms with Gasteiger partial charge in [-0.05, 0) is 12.5 Å². The Hall–Kier alpha value is -1.42. The summed E-state index contributed by atoms with van der Waals surface area (Å²) in [5.41, 5.74) is 0.788. The molecule has 14 heavy (non-hydrogen) atoms. The molecule has 0 radical (unpaired) electrons. The Morgan fingerprint density at radius 2 is 1.93 bits per heavy atom. The van der Waals surface area contributed by atoms with E-state index in [0.29, 0.717) is 0 Å². The molecule has 0 unspecified atom stereocenters. The fraction of sp³-hybridized carbons (Fsp3) is 0.400. The highest BCUT2D eigenvalue weighted by molar-refractivity contribution is 5.18. The monoisotopic (exact) mass is 194 g/mol. The maximum absolute atomic E-state index is 10.2. The van der Waals surface area contributed by atoms with Crippen molar-refractivity contribution in [2.45, 2.75) is 19.1 Å². The first-order chi connectivity index (χ1) is 6.66. The number of likely N-dealkylation sites (N-methyl/N-ethyl adjacent to an activating group) is 1. The van der Waals surface area contributed by atoms with Gasteiger partial charge < -0.3 is 5.11 Å². The normalized spacial score (nSPS) is 14.5. The lowest BCUT2D eigenvalue weighted by Crippen LogP contribution is -2.29. The minimum atomic E-state index is -0.695. The predicted octanol–water partition coefficient (Wildman–Crippen LogP) is 1.72. The van der Waals surface area contributed by atoms with Crippen LogP contribution in [0.5, 0.6) is 0 Å². The van der Waals surface area contributed by atoms with Crippen LogP contribution < -0.4 is 0 Å². The van der Waals surface area contributed by atoms with Crippen LogP contribution >= 0.6 is 0 Å². The standard InChI is InChI=1S/C10H14N2O2/c1-8(12(2)11-14)10(13)9-6-4-3-5-7-9/h3-8,10,13H,1-2H3/t8-,10-/m1/s1. The molecule has 76 valence electrons. The summed E-state index contributed by atoms with van der Waals surface area (Å²) in [4.78, 5) is 10.2. The zero-order valence-electron chi connectivity index (χ0n) is 8.29. The van der Waals surface area contributed by atoms with Crippen LogP contribution in [-0.2, 0) is 0 Å². The summed E-state index contributed by atoms with van der Waals surface area (Å²) in [5, 5.41) is 13.8. The molecular formula is C10H14N2O2. The van der Waals surface area contributed by atoms with Gasteiger partial charge in [-0.1, -0.05) is 30.3 Å². The fourth-order valence-corrected chi connectivity index (χ4v) is 1.21. The Morgan fingerprint density at radius 1 is 1.36 bits per heavy atom. The van der Waals surface area contributed by atoms with E-state index in [1.807, 2.05) is 30.3 Å². The van der Waals surface area contributed by atoms with E-state index in [1.165, 1.54) is 5.01 Å². The molecule has 0 spiro atoms. The van der Waals surface area contributed by atoms with E-state index in [4.69, 9.17) is 0 Å². The molecule has 0 aliphatic carbocycles. The van der Waals surface area contributed by atoms with E-state index < -0.39 is 6.10 Å². The summed E-state index contributed by atoms with van der Waals surface area (Å²) < 4.78 is 0. The van der Waals surface area contributed by atoms with Gasteiger partial charge in [0.05, 0.1) is 11.3 Å². The lowest BCUT2D eigenvalue weighted by molar-refractivity contribution is 0.0733. The van der Waals surface area contributed by atoms with Crippen molar-refractivity contribution in [3.05, 3.63) is 40.8 Å². The smallest absolute Gasteiger partial charge is 0.101 e. The molecule has 0 aliphatic heterocycles. The van der Waals surface area contributed by atoms with Crippen LogP contribution in [0.4, 0.5) is 0 Å². The van der Waals surface area contributed by atoms with Gasteiger partial charge in [0.15, 0.2) is 0 Å². The van der Waals surface area contributed by atoms with Crippen molar-refractivity contribution in [3.8, 4) is 0 Å². The molecule has 0 saturated heterocycles. The maximum atomic E-state index is 10.2. The number of rotatable bonds is 4. The van der Waals surface area contributed by atoms with E-state index in [1.54, 1.807) is 14.0 Å². The van der Waals surface area contributed by atoms with Gasteiger partial charge in [-0.15, -0.1) is 4.91 Å². The molecule has 4 nitrogen and oxygen atoms in total. The molecule has 0 heterocycles. The Bertz CT molecular complexity index is 289. The average Bonchev–Trinajstić information content (AvgIpc) is 2.27. The molecule has 0 amide bonds. The summed E-state index contributed by atoms with van der Waals surface area (Å²) in [5.74, 6) is 0. The molecule has 0 saturated carbocycles. The van der Waals surface area contributed by atoms with E-state index in [0.717, 1.165) is 5.56 Å². The summed E-state index contributed by atoms with van der Waals surface area (Å²) in [6, 6.07) is 8.89. The molecular weight excluding hydrogens is 180 g/mol. The SMILES string of the molecule is C[C@H]([C@@H](O)c1ccccc1)N(C)N=O. The first-order valence-corrected chi connectivity index (χ1v) is 4.46. The fourth-order valence-electron chi connectivity index (χ4n) is 1.21. The highest BCUT2D eigenvalue weighted by Gasteiger charge is 2.19. The molecule has 1 aromatic rings. The zero-order valence-corrected chi connectivity index (χ0v) is 8.29. The maximum Gasteiger partial charge on any atom is 0.101 e. The number of hydrogen-bond acceptors (Lipinski definition) is 3. The second kappa shape index (κ2) is 4.72. The molecule has 0 aliphatic rings. The quantitative estimate of drug-likeness (QED) is 0.586. The Labute approximate surface area is 83.1 Å². The highest BCUT2D eigenvalue weighted by Crippen LogP contribution is 2.19. The number of aliphatic hydroxyl groups is 1. The minimum Gasteiger partial charge on any atom is -0.386 e. The van der Waals surface area contributed by atoms with Gasteiger partial charge in [-0.25, -0.2) is 0 Å². The van der Waals surface area contributed by atoms with E-state index >= 15 is 0 Å². The van der Waals surface area contributed by atoms with Crippen LogP contribution in [0.25, 0.3) is 0 Å². The summed E-state index contributed by atoms with van der Waals surface area (Å²) in [7, 11) is 1.55. The third kappa shape index (κ3) is 2.29. The van der Waals surface area contributed by atoms with Crippen molar-refractivity contribution in [3.63, 3.8) is 0 Å². The number of nitrogens with zero attached hydrogens (tertiary/aromatic N) is 2. The zero-order chi connectivity index (χ0) is 10.6. The predicted molar refractivity (Wildman–Crippen MR) is 54.4 cm³/mol. The molecule has 1 aromatic carbocycles.